The van der Waals surface area contributed by atoms with Gasteiger partial charge in [-0.05, 0) is 6.92 Å². The van der Waals surface area contributed by atoms with E-state index in [1.807, 2.05) is 0 Å². The van der Waals surface area contributed by atoms with Crippen LogP contribution in [0.25, 0.3) is 0 Å². The summed E-state index contributed by atoms with van der Waals surface area (Å²) in [6.45, 7) is 1.46. The number of carboxylic acids is 2. The molecule has 70 valence electrons. The van der Waals surface area contributed by atoms with Crippen LogP contribution in [0.1, 0.15) is 13.3 Å². The molecule has 1 unspecified atom stereocenters. The van der Waals surface area contributed by atoms with Crippen LogP contribution in [-0.4, -0.2) is 29.3 Å². The summed E-state index contributed by atoms with van der Waals surface area (Å²) in [5.41, 5.74) is 0. The lowest BCUT2D eigenvalue weighted by Gasteiger charge is -2.16. The van der Waals surface area contributed by atoms with Crippen molar-refractivity contribution in [3.05, 3.63) is 0 Å². The van der Waals surface area contributed by atoms with Gasteiger partial charge in [-0.3, -0.25) is 0 Å². The molecule has 0 radical (unpaired) electrons. The minimum Gasteiger partial charge on any atom is -0.550 e. The Hall–Kier alpha value is -1.14. The van der Waals surface area contributed by atoms with E-state index in [1.165, 1.54) is 6.92 Å². The molecule has 2 atom stereocenters. The minimum atomic E-state index is -1.72. The van der Waals surface area contributed by atoms with Crippen LogP contribution >= 0.6 is 0 Å². The third kappa shape index (κ3) is 4.64. The van der Waals surface area contributed by atoms with E-state index in [-0.39, 0.29) is 6.42 Å². The molecule has 3 N–H and O–H groups in total. The maximum absolute atomic E-state index is 9.99. The van der Waals surface area contributed by atoms with Crippen LogP contribution in [0, 0.1) is 0 Å². The molecule has 0 heterocycles. The normalized spacial score (nSPS) is 15.2. The molecule has 0 aromatic carbocycles. The number of aliphatic hydroxyl groups excluding tert-OH is 1. The van der Waals surface area contributed by atoms with Crippen molar-refractivity contribution in [3.63, 3.8) is 0 Å². The number of hydrogen-bond acceptors (Lipinski definition) is 5. The summed E-state index contributed by atoms with van der Waals surface area (Å²) < 4.78 is 0. The van der Waals surface area contributed by atoms with Gasteiger partial charge < -0.3 is 30.2 Å². The van der Waals surface area contributed by atoms with Crippen molar-refractivity contribution >= 4 is 11.9 Å². The maximum Gasteiger partial charge on any atom is 0.229 e. The molecular weight excluding hydrogens is 166 g/mol. The van der Waals surface area contributed by atoms with E-state index >= 15 is 0 Å². The Morgan fingerprint density at radius 3 is 2.33 bits per heavy atom. The first-order chi connectivity index (χ1) is 5.43. The van der Waals surface area contributed by atoms with Gasteiger partial charge in [-0.15, -0.1) is 0 Å². The Balaban J connectivity index is 3.76. The quantitative estimate of drug-likeness (QED) is 0.407. The Labute approximate surface area is 68.8 Å². The van der Waals surface area contributed by atoms with Gasteiger partial charge in [0.2, 0.25) is 6.23 Å². The summed E-state index contributed by atoms with van der Waals surface area (Å²) in [5, 5.41) is 29.6. The van der Waals surface area contributed by atoms with Gasteiger partial charge >= 0.3 is 0 Å². The second-order valence-corrected chi connectivity index (χ2v) is 2.51. The fraction of sp³-hybridized carbons (Fsp3) is 0.667. The summed E-state index contributed by atoms with van der Waals surface area (Å²) in [4.78, 5) is 20.0. The van der Waals surface area contributed by atoms with Crippen molar-refractivity contribution in [2.75, 3.05) is 0 Å². The number of quaternary nitrogens is 1. The van der Waals surface area contributed by atoms with Crippen LogP contribution in [0.2, 0.25) is 0 Å². The van der Waals surface area contributed by atoms with Gasteiger partial charge in [-0.1, -0.05) is 0 Å². The summed E-state index contributed by atoms with van der Waals surface area (Å²) in [5.74, 6) is -2.93. The lowest BCUT2D eigenvalue weighted by atomic mass is 10.2. The number of aliphatic carboxylic acids is 2. The fourth-order valence-corrected chi connectivity index (χ4v) is 0.721. The molecule has 0 amide bonds. The number of nitrogens with two attached hydrogens (primary N) is 1. The molecule has 0 aromatic rings. The predicted molar refractivity (Wildman–Crippen MR) is 32.0 cm³/mol. The highest BCUT2D eigenvalue weighted by Crippen LogP contribution is 1.80. The zero-order valence-corrected chi connectivity index (χ0v) is 6.52. The maximum atomic E-state index is 9.99. The molecule has 6 heteroatoms. The molecule has 0 aliphatic rings. The van der Waals surface area contributed by atoms with Crippen molar-refractivity contribution in [3.8, 4) is 0 Å². The number of carbonyl (C=O) groups is 2. The SMILES string of the molecule is C[C@H](CC(=O)[O-])[NH2+]C(O)C(=O)[O-]. The molecular formula is C6H10NO5-. The fourth-order valence-electron chi connectivity index (χ4n) is 0.721. The van der Waals surface area contributed by atoms with Gasteiger partial charge in [-0.2, -0.15) is 0 Å². The zero-order chi connectivity index (χ0) is 9.72. The van der Waals surface area contributed by atoms with Gasteiger partial charge in [0.25, 0.3) is 0 Å². The summed E-state index contributed by atoms with van der Waals surface area (Å²) in [6, 6.07) is -0.553. The Bertz CT molecular complexity index is 181. The second kappa shape index (κ2) is 4.68. The average molecular weight is 176 g/mol. The molecule has 6 nitrogen and oxygen atoms in total. The largest absolute Gasteiger partial charge is 0.550 e. The Morgan fingerprint density at radius 1 is 1.50 bits per heavy atom. The lowest BCUT2D eigenvalue weighted by Crippen LogP contribution is -2.97. The molecule has 12 heavy (non-hydrogen) atoms. The van der Waals surface area contributed by atoms with Crippen LogP contribution in [-0.2, 0) is 9.59 Å². The molecule has 0 rings (SSSR count). The average Bonchev–Trinajstić information content (AvgIpc) is 1.84. The van der Waals surface area contributed by atoms with Crippen LogP contribution in [0.15, 0.2) is 0 Å². The number of hydrogen-bond donors (Lipinski definition) is 2. The summed E-state index contributed by atoms with van der Waals surface area (Å²) in [7, 11) is 0. The molecule has 0 aliphatic carbocycles. The molecule has 0 fully saturated rings. The third-order valence-corrected chi connectivity index (χ3v) is 1.24. The zero-order valence-electron chi connectivity index (χ0n) is 6.52. The van der Waals surface area contributed by atoms with E-state index in [4.69, 9.17) is 5.11 Å². The lowest BCUT2D eigenvalue weighted by molar-refractivity contribution is -0.742. The smallest absolute Gasteiger partial charge is 0.229 e. The van der Waals surface area contributed by atoms with Crippen molar-refractivity contribution in [1.82, 2.24) is 0 Å². The molecule has 0 aliphatic heterocycles. The van der Waals surface area contributed by atoms with E-state index in [1.54, 1.807) is 0 Å². The van der Waals surface area contributed by atoms with Gasteiger partial charge in [0, 0.05) is 12.4 Å². The highest BCUT2D eigenvalue weighted by molar-refractivity contribution is 5.67. The highest BCUT2D eigenvalue weighted by atomic mass is 16.4. The molecule has 0 spiro atoms. The molecule has 0 saturated carbocycles. The van der Waals surface area contributed by atoms with Crippen molar-refractivity contribution in [2.24, 2.45) is 0 Å². The van der Waals surface area contributed by atoms with E-state index < -0.39 is 24.2 Å². The van der Waals surface area contributed by atoms with Crippen LogP contribution in [0.5, 0.6) is 0 Å². The van der Waals surface area contributed by atoms with E-state index in [2.05, 4.69) is 0 Å². The van der Waals surface area contributed by atoms with E-state index in [0.29, 0.717) is 0 Å². The monoisotopic (exact) mass is 176 g/mol. The first-order valence-corrected chi connectivity index (χ1v) is 3.37. The van der Waals surface area contributed by atoms with Crippen LogP contribution < -0.4 is 15.5 Å². The van der Waals surface area contributed by atoms with Crippen molar-refractivity contribution in [1.29, 1.82) is 0 Å². The number of aliphatic hydroxyl groups is 1. The standard InChI is InChI=1S/C6H11NO5/c1-3(2-4(8)9)7-5(10)6(11)12/h3,5,7,10H,2H2,1H3,(H,8,9)(H,11,12)/p-1/t3-,5?/m1/s1. The number of rotatable bonds is 5. The van der Waals surface area contributed by atoms with Crippen molar-refractivity contribution in [2.45, 2.75) is 25.6 Å². The van der Waals surface area contributed by atoms with E-state index in [0.717, 1.165) is 5.32 Å². The number of carboxylic acid groups (broad SMARTS) is 2. The third-order valence-electron chi connectivity index (χ3n) is 1.24. The van der Waals surface area contributed by atoms with Gasteiger partial charge in [0.05, 0.1) is 6.04 Å². The first kappa shape index (κ1) is 10.9. The predicted octanol–water partition coefficient (Wildman–Crippen LogP) is -4.85. The van der Waals surface area contributed by atoms with Gasteiger partial charge in [0.15, 0.2) is 0 Å². The van der Waals surface area contributed by atoms with Crippen LogP contribution in [0.3, 0.4) is 0 Å². The summed E-state index contributed by atoms with van der Waals surface area (Å²) in [6.07, 6.45) is -2.04. The van der Waals surface area contributed by atoms with Gasteiger partial charge in [-0.25, -0.2) is 0 Å². The number of carbonyl (C=O) groups excluding carboxylic acids is 2. The second-order valence-electron chi connectivity index (χ2n) is 2.51. The molecule has 0 aromatic heterocycles. The molecule has 0 saturated heterocycles. The van der Waals surface area contributed by atoms with E-state index in [9.17, 15) is 19.8 Å². The van der Waals surface area contributed by atoms with Crippen LogP contribution in [0.4, 0.5) is 0 Å². The molecule has 0 bridgehead atoms. The van der Waals surface area contributed by atoms with Gasteiger partial charge in [0.1, 0.15) is 5.97 Å². The topological polar surface area (TPSA) is 117 Å². The Kier molecular flexibility index (Phi) is 4.24. The van der Waals surface area contributed by atoms with Crippen molar-refractivity contribution < 1.29 is 30.2 Å². The summed E-state index contributed by atoms with van der Waals surface area (Å²) >= 11 is 0. The highest BCUT2D eigenvalue weighted by Gasteiger charge is 2.13. The Morgan fingerprint density at radius 2 is 2.00 bits per heavy atom. The first-order valence-electron chi connectivity index (χ1n) is 3.37. The minimum absolute atomic E-state index is 0.315.